The van der Waals surface area contributed by atoms with Crippen molar-refractivity contribution in [1.29, 1.82) is 0 Å². The average Bonchev–Trinajstić information content (AvgIpc) is 2.63. The number of halogens is 2. The molecule has 0 bridgehead atoms. The van der Waals surface area contributed by atoms with E-state index in [0.29, 0.717) is 12.0 Å². The van der Waals surface area contributed by atoms with Crippen LogP contribution in [0.4, 0.5) is 0 Å². The van der Waals surface area contributed by atoms with Crippen LogP contribution in [0.1, 0.15) is 25.8 Å². The first-order valence-corrected chi connectivity index (χ1v) is 11.0. The predicted molar refractivity (Wildman–Crippen MR) is 113 cm³/mol. The van der Waals surface area contributed by atoms with Crippen molar-refractivity contribution in [2.75, 3.05) is 6.54 Å². The van der Waals surface area contributed by atoms with Crippen LogP contribution < -0.4 is 5.32 Å². The molecule has 1 aromatic rings. The quantitative estimate of drug-likeness (QED) is 0.298. The van der Waals surface area contributed by atoms with Crippen LogP contribution in [0.3, 0.4) is 0 Å². The van der Waals surface area contributed by atoms with E-state index in [1.165, 1.54) is 17.0 Å². The molecule has 8 nitrogen and oxygen atoms in total. The first-order valence-electron chi connectivity index (χ1n) is 9.13. The Hall–Kier alpha value is -1.81. The van der Waals surface area contributed by atoms with Crippen molar-refractivity contribution in [2.45, 2.75) is 48.4 Å². The number of rotatable bonds is 8. The Morgan fingerprint density at radius 3 is 2.41 bits per heavy atom. The normalized spacial score (nSPS) is 21.8. The number of piperazine rings is 1. The minimum absolute atomic E-state index is 0.0117. The van der Waals surface area contributed by atoms with Crippen LogP contribution in [0, 0.1) is 5.92 Å². The number of carboxylic acid groups (broad SMARTS) is 1. The lowest BCUT2D eigenvalue weighted by molar-refractivity contribution is -0.150. The number of carboxylic acids is 1. The van der Waals surface area contributed by atoms with Gasteiger partial charge < -0.3 is 25.5 Å². The van der Waals surface area contributed by atoms with Gasteiger partial charge in [-0.1, -0.05) is 51.8 Å². The van der Waals surface area contributed by atoms with E-state index in [0.717, 1.165) is 0 Å². The number of nitrogens with zero attached hydrogens (tertiary/aromatic N) is 1. The van der Waals surface area contributed by atoms with Crippen LogP contribution in [0.15, 0.2) is 18.2 Å². The van der Waals surface area contributed by atoms with Gasteiger partial charge in [0.25, 0.3) is 0 Å². The summed E-state index contributed by atoms with van der Waals surface area (Å²) < 4.78 is 0. The van der Waals surface area contributed by atoms with Gasteiger partial charge in [0.2, 0.25) is 11.8 Å². The van der Waals surface area contributed by atoms with E-state index < -0.39 is 27.7 Å². The maximum absolute atomic E-state index is 13.1. The highest BCUT2D eigenvalue weighted by Crippen LogP contribution is 2.28. The highest BCUT2D eigenvalue weighted by molar-refractivity contribution is 9.12. The Balaban J connectivity index is 2.31. The van der Waals surface area contributed by atoms with Gasteiger partial charge in [-0.25, -0.2) is 0 Å². The molecule has 160 valence electrons. The highest BCUT2D eigenvalue weighted by Gasteiger charge is 2.42. The summed E-state index contributed by atoms with van der Waals surface area (Å²) in [4.78, 5) is 37.0. The van der Waals surface area contributed by atoms with Crippen LogP contribution >= 0.6 is 31.9 Å². The molecule has 1 fully saturated rings. The molecule has 1 aliphatic rings. The maximum atomic E-state index is 13.1. The van der Waals surface area contributed by atoms with E-state index in [4.69, 9.17) is 0 Å². The summed E-state index contributed by atoms with van der Waals surface area (Å²) in [6.45, 7) is 3.90. The molecule has 1 aliphatic heterocycles. The van der Waals surface area contributed by atoms with Gasteiger partial charge in [0.15, 0.2) is 11.5 Å². The van der Waals surface area contributed by atoms with E-state index in [-0.39, 0.29) is 42.2 Å². The number of alkyl halides is 2. The number of aromatic hydroxyl groups is 2. The fourth-order valence-corrected chi connectivity index (χ4v) is 3.94. The van der Waals surface area contributed by atoms with Gasteiger partial charge in [0, 0.05) is 13.0 Å². The zero-order valence-corrected chi connectivity index (χ0v) is 19.2. The van der Waals surface area contributed by atoms with E-state index in [1.807, 2.05) is 13.8 Å². The van der Waals surface area contributed by atoms with Gasteiger partial charge in [0.1, 0.15) is 16.9 Å². The predicted octanol–water partition coefficient (Wildman–Crippen LogP) is 1.99. The first kappa shape index (κ1) is 23.5. The van der Waals surface area contributed by atoms with Gasteiger partial charge in [0.05, 0.1) is 4.83 Å². The molecular formula is C19H24Br2N2O6. The number of phenols is 2. The minimum atomic E-state index is -1.08. The fraction of sp³-hybridized carbons (Fsp3) is 0.526. The molecule has 29 heavy (non-hydrogen) atoms. The van der Waals surface area contributed by atoms with E-state index in [2.05, 4.69) is 37.2 Å². The summed E-state index contributed by atoms with van der Waals surface area (Å²) in [6, 6.07) is 2.66. The van der Waals surface area contributed by atoms with Crippen molar-refractivity contribution in [3.8, 4) is 11.5 Å². The number of carbonyl (C=O) groups excluding carboxylic acids is 2. The summed E-state index contributed by atoms with van der Waals surface area (Å²) in [6.07, 6.45) is 0.580. The number of hydrogen-bond acceptors (Lipinski definition) is 5. The molecule has 1 heterocycles. The Morgan fingerprint density at radius 2 is 1.86 bits per heavy atom. The summed E-state index contributed by atoms with van der Waals surface area (Å²) in [5, 5.41) is 31.2. The molecule has 2 rings (SSSR count). The number of carbonyl (C=O) groups is 3. The van der Waals surface area contributed by atoms with Crippen molar-refractivity contribution in [3.05, 3.63) is 23.8 Å². The fourth-order valence-electron chi connectivity index (χ4n) is 3.23. The van der Waals surface area contributed by atoms with Gasteiger partial charge in [-0.05, 0) is 30.0 Å². The Labute approximate surface area is 185 Å². The van der Waals surface area contributed by atoms with Gasteiger partial charge in [-0.3, -0.25) is 14.4 Å². The van der Waals surface area contributed by atoms with E-state index in [9.17, 15) is 29.7 Å². The molecule has 0 radical (unpaired) electrons. The maximum Gasteiger partial charge on any atom is 0.318 e. The number of amides is 2. The average molecular weight is 536 g/mol. The van der Waals surface area contributed by atoms with E-state index >= 15 is 0 Å². The molecule has 10 heteroatoms. The molecule has 0 aromatic heterocycles. The van der Waals surface area contributed by atoms with Gasteiger partial charge >= 0.3 is 5.97 Å². The zero-order valence-electron chi connectivity index (χ0n) is 16.0. The van der Waals surface area contributed by atoms with Crippen LogP contribution in [0.5, 0.6) is 11.5 Å². The van der Waals surface area contributed by atoms with Crippen molar-refractivity contribution in [1.82, 2.24) is 10.2 Å². The molecule has 2 amide bonds. The van der Waals surface area contributed by atoms with Crippen molar-refractivity contribution < 1.29 is 29.7 Å². The summed E-state index contributed by atoms with van der Waals surface area (Å²) in [5.74, 6) is -2.13. The lowest BCUT2D eigenvalue weighted by atomic mass is 9.95. The number of benzene rings is 1. The lowest BCUT2D eigenvalue weighted by Gasteiger charge is -2.40. The second-order valence-electron chi connectivity index (χ2n) is 7.48. The summed E-state index contributed by atoms with van der Waals surface area (Å²) in [7, 11) is 0. The second kappa shape index (κ2) is 9.80. The molecule has 0 aliphatic carbocycles. The largest absolute Gasteiger partial charge is 0.504 e. The van der Waals surface area contributed by atoms with Gasteiger partial charge in [-0.15, -0.1) is 0 Å². The van der Waals surface area contributed by atoms with Crippen LogP contribution in [-0.2, 0) is 20.8 Å². The number of nitrogens with one attached hydrogen (secondary N) is 1. The molecular weight excluding hydrogens is 512 g/mol. The standard InChI is InChI=1S/C19H24Br2N2O6/c1-9(2)5-12-18(27)23(8-11(20)16(21)19(28)29)13(17(26)22-12)6-10-3-4-14(24)15(25)7-10/h3-4,7,9,11-13,16,24-25H,5-6,8H2,1-2H3,(H,22,26)(H,28,29). The molecule has 4 atom stereocenters. The van der Waals surface area contributed by atoms with E-state index in [1.54, 1.807) is 6.07 Å². The lowest BCUT2D eigenvalue weighted by Crippen LogP contribution is -2.65. The monoisotopic (exact) mass is 534 g/mol. The van der Waals surface area contributed by atoms with Crippen LogP contribution in [-0.4, -0.2) is 66.3 Å². The third-order valence-electron chi connectivity index (χ3n) is 4.68. The SMILES string of the molecule is CC(C)CC1NC(=O)C(Cc2ccc(O)c(O)c2)N(CC(Br)C(Br)C(=O)O)C1=O. The Bertz CT molecular complexity index is 788. The third-order valence-corrected chi connectivity index (χ3v) is 7.23. The Morgan fingerprint density at radius 1 is 1.21 bits per heavy atom. The summed E-state index contributed by atoms with van der Waals surface area (Å²) >= 11 is 6.39. The molecule has 1 aromatic carbocycles. The van der Waals surface area contributed by atoms with Crippen LogP contribution in [0.2, 0.25) is 0 Å². The number of phenolic OH excluding ortho intramolecular Hbond substituents is 2. The van der Waals surface area contributed by atoms with Gasteiger partial charge in [-0.2, -0.15) is 0 Å². The first-order chi connectivity index (χ1) is 13.5. The molecule has 0 saturated carbocycles. The van der Waals surface area contributed by atoms with Crippen LogP contribution in [0.25, 0.3) is 0 Å². The molecule has 4 unspecified atom stereocenters. The van der Waals surface area contributed by atoms with Crippen molar-refractivity contribution in [2.24, 2.45) is 5.92 Å². The number of hydrogen-bond donors (Lipinski definition) is 4. The van der Waals surface area contributed by atoms with Crippen molar-refractivity contribution >= 4 is 49.6 Å². The molecule has 1 saturated heterocycles. The number of aliphatic carboxylic acids is 1. The molecule has 0 spiro atoms. The second-order valence-corrected chi connectivity index (χ2v) is 9.64. The minimum Gasteiger partial charge on any atom is -0.504 e. The smallest absolute Gasteiger partial charge is 0.318 e. The summed E-state index contributed by atoms with van der Waals surface area (Å²) in [5.41, 5.74) is 0.556. The topological polar surface area (TPSA) is 127 Å². The Kier molecular flexibility index (Phi) is 7.93. The molecule has 4 N–H and O–H groups in total. The zero-order chi connectivity index (χ0) is 21.9. The third kappa shape index (κ3) is 5.85. The highest BCUT2D eigenvalue weighted by atomic mass is 79.9. The van der Waals surface area contributed by atoms with Crippen molar-refractivity contribution in [3.63, 3.8) is 0 Å².